The predicted molar refractivity (Wildman–Crippen MR) is 47.6 cm³/mol. The van der Waals surface area contributed by atoms with Crippen molar-refractivity contribution in [2.24, 2.45) is 0 Å². The van der Waals surface area contributed by atoms with Crippen LogP contribution >= 0.6 is 0 Å². The minimum Gasteiger partial charge on any atom is -0.508 e. The number of phenolic OH excluding ortho intramolecular Hbond substituents is 1. The van der Waals surface area contributed by atoms with Gasteiger partial charge in [0, 0.05) is 0 Å². The van der Waals surface area contributed by atoms with Crippen molar-refractivity contribution in [3.8, 4) is 5.75 Å². The zero-order valence-electron chi connectivity index (χ0n) is 6.83. The van der Waals surface area contributed by atoms with Gasteiger partial charge in [-0.2, -0.15) is 0 Å². The topological polar surface area (TPSA) is 20.2 Å². The molecule has 0 aromatic heterocycles. The molecule has 0 atom stereocenters. The highest BCUT2D eigenvalue weighted by Crippen LogP contribution is 2.17. The first-order valence-electron chi connectivity index (χ1n) is 3.66. The van der Waals surface area contributed by atoms with E-state index in [1.165, 1.54) is 0 Å². The lowest BCUT2D eigenvalue weighted by molar-refractivity contribution is 0.471. The second kappa shape index (κ2) is 3.24. The molecule has 0 saturated heterocycles. The van der Waals surface area contributed by atoms with E-state index in [9.17, 15) is 5.11 Å². The summed E-state index contributed by atoms with van der Waals surface area (Å²) in [6.45, 7) is 3.87. The standard InChI is InChI=1S/C10H12O/c1-3-4-9-5-6-10(11)8(2)7-9/h3-7,11H,1-2H3. The van der Waals surface area contributed by atoms with Gasteiger partial charge in [0.25, 0.3) is 0 Å². The molecule has 0 spiro atoms. The van der Waals surface area contributed by atoms with Gasteiger partial charge in [-0.15, -0.1) is 0 Å². The summed E-state index contributed by atoms with van der Waals surface area (Å²) in [4.78, 5) is 0. The molecule has 58 valence electrons. The Morgan fingerprint density at radius 3 is 2.64 bits per heavy atom. The maximum atomic E-state index is 9.19. The van der Waals surface area contributed by atoms with Gasteiger partial charge in [-0.05, 0) is 37.1 Å². The zero-order valence-corrected chi connectivity index (χ0v) is 6.83. The lowest BCUT2D eigenvalue weighted by Gasteiger charge is -1.98. The molecule has 0 heterocycles. The smallest absolute Gasteiger partial charge is 0.118 e. The van der Waals surface area contributed by atoms with Crippen molar-refractivity contribution in [1.29, 1.82) is 0 Å². The fourth-order valence-electron chi connectivity index (χ4n) is 0.975. The summed E-state index contributed by atoms with van der Waals surface area (Å²) in [5, 5.41) is 9.19. The van der Waals surface area contributed by atoms with Crippen LogP contribution in [0.15, 0.2) is 24.3 Å². The van der Waals surface area contributed by atoms with E-state index in [1.54, 1.807) is 6.07 Å². The molecule has 0 aliphatic carbocycles. The highest BCUT2D eigenvalue weighted by Gasteiger charge is 1.93. The third kappa shape index (κ3) is 1.84. The fraction of sp³-hybridized carbons (Fsp3) is 0.200. The monoisotopic (exact) mass is 148 g/mol. The average Bonchev–Trinajstić information content (AvgIpc) is 1.98. The van der Waals surface area contributed by atoms with Gasteiger partial charge < -0.3 is 5.11 Å². The molecule has 1 nitrogen and oxygen atoms in total. The Hall–Kier alpha value is -1.24. The van der Waals surface area contributed by atoms with Crippen molar-refractivity contribution in [3.63, 3.8) is 0 Å². The van der Waals surface area contributed by atoms with Crippen molar-refractivity contribution >= 4 is 6.08 Å². The summed E-state index contributed by atoms with van der Waals surface area (Å²) in [6, 6.07) is 5.56. The molecular formula is C10H12O. The molecular weight excluding hydrogens is 136 g/mol. The first-order valence-corrected chi connectivity index (χ1v) is 3.66. The Labute approximate surface area is 67.0 Å². The van der Waals surface area contributed by atoms with E-state index in [2.05, 4.69) is 0 Å². The fourth-order valence-corrected chi connectivity index (χ4v) is 0.975. The number of aryl methyl sites for hydroxylation is 1. The zero-order chi connectivity index (χ0) is 8.27. The number of aromatic hydroxyl groups is 1. The van der Waals surface area contributed by atoms with Crippen LogP contribution < -0.4 is 0 Å². The quantitative estimate of drug-likeness (QED) is 0.649. The highest BCUT2D eigenvalue weighted by molar-refractivity contribution is 5.52. The van der Waals surface area contributed by atoms with Crippen molar-refractivity contribution < 1.29 is 5.11 Å². The minimum atomic E-state index is 0.359. The second-order valence-corrected chi connectivity index (χ2v) is 2.55. The van der Waals surface area contributed by atoms with Crippen LogP contribution in [0.5, 0.6) is 5.75 Å². The van der Waals surface area contributed by atoms with Crippen LogP contribution in [0.25, 0.3) is 6.08 Å². The number of allylic oxidation sites excluding steroid dienone is 1. The molecule has 0 saturated carbocycles. The summed E-state index contributed by atoms with van der Waals surface area (Å²) in [6.07, 6.45) is 3.98. The molecule has 0 radical (unpaired) electrons. The number of benzene rings is 1. The van der Waals surface area contributed by atoms with Crippen molar-refractivity contribution in [3.05, 3.63) is 35.4 Å². The maximum absolute atomic E-state index is 9.19. The maximum Gasteiger partial charge on any atom is 0.118 e. The third-order valence-electron chi connectivity index (χ3n) is 1.58. The van der Waals surface area contributed by atoms with Gasteiger partial charge in [-0.1, -0.05) is 18.2 Å². The molecule has 1 rings (SSSR count). The van der Waals surface area contributed by atoms with Gasteiger partial charge in [0.05, 0.1) is 0 Å². The average molecular weight is 148 g/mol. The van der Waals surface area contributed by atoms with Gasteiger partial charge in [-0.25, -0.2) is 0 Å². The molecule has 11 heavy (non-hydrogen) atoms. The van der Waals surface area contributed by atoms with Gasteiger partial charge >= 0.3 is 0 Å². The molecule has 0 bridgehead atoms. The Morgan fingerprint density at radius 2 is 2.09 bits per heavy atom. The molecule has 0 aliphatic rings. The van der Waals surface area contributed by atoms with Crippen molar-refractivity contribution in [2.75, 3.05) is 0 Å². The molecule has 0 amide bonds. The number of rotatable bonds is 1. The van der Waals surface area contributed by atoms with E-state index in [1.807, 2.05) is 38.1 Å². The number of hydrogen-bond donors (Lipinski definition) is 1. The van der Waals surface area contributed by atoms with Crippen LogP contribution in [0.3, 0.4) is 0 Å². The largest absolute Gasteiger partial charge is 0.508 e. The Bertz CT molecular complexity index is 274. The first kappa shape index (κ1) is 7.86. The lowest BCUT2D eigenvalue weighted by Crippen LogP contribution is -1.76. The summed E-state index contributed by atoms with van der Waals surface area (Å²) in [5.41, 5.74) is 2.04. The molecule has 1 aromatic carbocycles. The van der Waals surface area contributed by atoms with Crippen molar-refractivity contribution in [2.45, 2.75) is 13.8 Å². The summed E-state index contributed by atoms with van der Waals surface area (Å²) in [7, 11) is 0. The summed E-state index contributed by atoms with van der Waals surface area (Å²) < 4.78 is 0. The predicted octanol–water partition coefficient (Wildman–Crippen LogP) is 2.73. The Kier molecular flexibility index (Phi) is 2.32. The van der Waals surface area contributed by atoms with Gasteiger partial charge in [0.15, 0.2) is 0 Å². The minimum absolute atomic E-state index is 0.359. The normalized spacial score (nSPS) is 10.7. The van der Waals surface area contributed by atoms with Crippen LogP contribution in [-0.4, -0.2) is 5.11 Å². The number of phenols is 1. The molecule has 0 aliphatic heterocycles. The van der Waals surface area contributed by atoms with Gasteiger partial charge in [0.1, 0.15) is 5.75 Å². The first-order chi connectivity index (χ1) is 5.24. The van der Waals surface area contributed by atoms with Crippen LogP contribution in [0, 0.1) is 6.92 Å². The van der Waals surface area contributed by atoms with Crippen LogP contribution in [0.4, 0.5) is 0 Å². The van der Waals surface area contributed by atoms with E-state index in [0.717, 1.165) is 11.1 Å². The molecule has 1 heteroatoms. The molecule has 1 aromatic rings. The van der Waals surface area contributed by atoms with Crippen LogP contribution in [0.2, 0.25) is 0 Å². The van der Waals surface area contributed by atoms with Gasteiger partial charge in [-0.3, -0.25) is 0 Å². The van der Waals surface area contributed by atoms with Crippen LogP contribution in [0.1, 0.15) is 18.1 Å². The third-order valence-corrected chi connectivity index (χ3v) is 1.58. The summed E-state index contributed by atoms with van der Waals surface area (Å²) in [5.74, 6) is 0.359. The van der Waals surface area contributed by atoms with Gasteiger partial charge in [0.2, 0.25) is 0 Å². The molecule has 0 unspecified atom stereocenters. The Balaban J connectivity index is 3.05. The second-order valence-electron chi connectivity index (χ2n) is 2.55. The highest BCUT2D eigenvalue weighted by atomic mass is 16.3. The molecule has 1 N–H and O–H groups in total. The van der Waals surface area contributed by atoms with Crippen LogP contribution in [-0.2, 0) is 0 Å². The van der Waals surface area contributed by atoms with E-state index in [-0.39, 0.29) is 0 Å². The van der Waals surface area contributed by atoms with E-state index in [4.69, 9.17) is 0 Å². The Morgan fingerprint density at radius 1 is 1.36 bits per heavy atom. The lowest BCUT2D eigenvalue weighted by atomic mass is 10.1. The molecule has 0 fully saturated rings. The van der Waals surface area contributed by atoms with E-state index in [0.29, 0.717) is 5.75 Å². The summed E-state index contributed by atoms with van der Waals surface area (Å²) >= 11 is 0. The number of hydrogen-bond acceptors (Lipinski definition) is 1. The van der Waals surface area contributed by atoms with Crippen molar-refractivity contribution in [1.82, 2.24) is 0 Å². The van der Waals surface area contributed by atoms with E-state index >= 15 is 0 Å². The van der Waals surface area contributed by atoms with E-state index < -0.39 is 0 Å². The SMILES string of the molecule is CC=Cc1ccc(O)c(C)c1.